The number of halogens is 1. The van der Waals surface area contributed by atoms with Gasteiger partial charge >= 0.3 is 0 Å². The first kappa shape index (κ1) is 8.78. The first-order chi connectivity index (χ1) is 5.65. The molecule has 0 aliphatic rings. The molecule has 0 heterocycles. The van der Waals surface area contributed by atoms with Crippen molar-refractivity contribution in [2.75, 3.05) is 12.8 Å². The Morgan fingerprint density at radius 2 is 2.25 bits per heavy atom. The van der Waals surface area contributed by atoms with Crippen LogP contribution in [0, 0.1) is 5.82 Å². The summed E-state index contributed by atoms with van der Waals surface area (Å²) < 4.78 is 12.9. The number of aliphatic imine (C=N–C) groups is 1. The minimum absolute atomic E-state index is 0.0785. The van der Waals surface area contributed by atoms with Gasteiger partial charge in [-0.2, -0.15) is 0 Å². The lowest BCUT2D eigenvalue weighted by atomic mass is 9.93. The highest BCUT2D eigenvalue weighted by Gasteiger charge is 2.02. The van der Waals surface area contributed by atoms with Crippen LogP contribution in [0.2, 0.25) is 0 Å². The molecule has 0 amide bonds. The van der Waals surface area contributed by atoms with E-state index in [1.165, 1.54) is 12.3 Å². The van der Waals surface area contributed by atoms with Crippen LogP contribution in [0.25, 0.3) is 0 Å². The van der Waals surface area contributed by atoms with Crippen LogP contribution in [0.5, 0.6) is 0 Å². The van der Waals surface area contributed by atoms with Gasteiger partial charge in [-0.3, -0.25) is 4.99 Å². The Hall–Kier alpha value is -1.32. The summed E-state index contributed by atoms with van der Waals surface area (Å²) in [4.78, 5) is 3.72. The lowest BCUT2D eigenvalue weighted by molar-refractivity contribution is 0.633. The fourth-order valence-corrected chi connectivity index (χ4v) is 0.907. The highest BCUT2D eigenvalue weighted by atomic mass is 19.1. The number of hydrogen-bond acceptors (Lipinski definition) is 2. The minimum atomic E-state index is -0.509. The molecule has 0 fully saturated rings. The smallest absolute Gasteiger partial charge is 0.146 e. The summed E-state index contributed by atoms with van der Waals surface area (Å²) in [6.07, 6.45) is 1.47. The molecule has 1 rings (SSSR count). The molecule has 0 aliphatic carbocycles. The van der Waals surface area contributed by atoms with Crippen molar-refractivity contribution in [3.05, 3.63) is 23.5 Å². The van der Waals surface area contributed by atoms with Gasteiger partial charge in [0.25, 0.3) is 0 Å². The molecule has 60 valence electrons. The molecule has 0 spiro atoms. The molecular formula is C8H8BFN2. The number of nitrogens with two attached hydrogens (primary N) is 1. The lowest BCUT2D eigenvalue weighted by Crippen LogP contribution is -2.08. The maximum absolute atomic E-state index is 12.9. The number of nitrogens with zero attached hydrogens (tertiary/aromatic N) is 1. The Kier molecular flexibility index (Phi) is 2.48. The zero-order chi connectivity index (χ0) is 9.14. The van der Waals surface area contributed by atoms with Gasteiger partial charge in [-0.15, -0.1) is 0 Å². The van der Waals surface area contributed by atoms with Gasteiger partial charge in [0.15, 0.2) is 0 Å². The highest BCUT2D eigenvalue weighted by molar-refractivity contribution is 6.32. The molecule has 2 nitrogen and oxygen atoms in total. The molecule has 0 saturated heterocycles. The van der Waals surface area contributed by atoms with Gasteiger partial charge in [0, 0.05) is 18.8 Å². The third-order valence-corrected chi connectivity index (χ3v) is 1.45. The topological polar surface area (TPSA) is 38.4 Å². The average molecular weight is 162 g/mol. The molecular weight excluding hydrogens is 154 g/mol. The maximum Gasteiger partial charge on any atom is 0.146 e. The van der Waals surface area contributed by atoms with Gasteiger partial charge in [0.05, 0.1) is 5.69 Å². The number of nitrogen functional groups attached to an aromatic ring is 1. The summed E-state index contributed by atoms with van der Waals surface area (Å²) in [5.41, 5.74) is 6.35. The summed E-state index contributed by atoms with van der Waals surface area (Å²) in [6, 6.07) is 2.76. The Bertz CT molecular complexity index is 323. The van der Waals surface area contributed by atoms with E-state index in [-0.39, 0.29) is 5.69 Å². The van der Waals surface area contributed by atoms with Crippen LogP contribution in [0.3, 0.4) is 0 Å². The van der Waals surface area contributed by atoms with E-state index in [2.05, 4.69) is 4.99 Å². The van der Waals surface area contributed by atoms with E-state index in [4.69, 9.17) is 13.6 Å². The Balaban J connectivity index is 3.27. The summed E-state index contributed by atoms with van der Waals surface area (Å²) >= 11 is 0. The predicted octanol–water partition coefficient (Wildman–Crippen LogP) is 0.250. The van der Waals surface area contributed by atoms with E-state index in [9.17, 15) is 4.39 Å². The second-order valence-electron chi connectivity index (χ2n) is 2.39. The van der Waals surface area contributed by atoms with Crippen molar-refractivity contribution in [3.8, 4) is 0 Å². The maximum atomic E-state index is 12.9. The van der Waals surface area contributed by atoms with E-state index in [0.29, 0.717) is 11.0 Å². The SMILES string of the molecule is [B]c1cc(F)c(N)c(C=NC)c1. The van der Waals surface area contributed by atoms with Gasteiger partial charge in [-0.1, -0.05) is 11.5 Å². The van der Waals surface area contributed by atoms with Gasteiger partial charge in [0.1, 0.15) is 13.7 Å². The van der Waals surface area contributed by atoms with Crippen molar-refractivity contribution in [1.82, 2.24) is 0 Å². The van der Waals surface area contributed by atoms with E-state index < -0.39 is 5.82 Å². The van der Waals surface area contributed by atoms with Crippen LogP contribution < -0.4 is 11.2 Å². The summed E-state index contributed by atoms with van der Waals surface area (Å²) in [6.45, 7) is 0. The fourth-order valence-electron chi connectivity index (χ4n) is 0.907. The molecule has 0 saturated carbocycles. The minimum Gasteiger partial charge on any atom is -0.396 e. The van der Waals surface area contributed by atoms with Crippen LogP contribution >= 0.6 is 0 Å². The molecule has 0 aromatic heterocycles. The van der Waals surface area contributed by atoms with Gasteiger partial charge in [0.2, 0.25) is 0 Å². The number of rotatable bonds is 1. The monoisotopic (exact) mass is 162 g/mol. The summed E-state index contributed by atoms with van der Waals surface area (Å²) in [5, 5.41) is 0. The second-order valence-corrected chi connectivity index (χ2v) is 2.39. The normalized spacial score (nSPS) is 10.8. The predicted molar refractivity (Wildman–Crippen MR) is 49.7 cm³/mol. The van der Waals surface area contributed by atoms with E-state index in [1.54, 1.807) is 13.1 Å². The highest BCUT2D eigenvalue weighted by Crippen LogP contribution is 2.11. The second kappa shape index (κ2) is 3.39. The van der Waals surface area contributed by atoms with Crippen LogP contribution in [-0.4, -0.2) is 21.1 Å². The van der Waals surface area contributed by atoms with Crippen molar-refractivity contribution >= 4 is 25.2 Å². The Labute approximate surface area is 71.7 Å². The molecule has 1 aromatic carbocycles. The summed E-state index contributed by atoms with van der Waals surface area (Å²) in [5.74, 6) is -0.509. The van der Waals surface area contributed by atoms with Crippen LogP contribution in [0.15, 0.2) is 17.1 Å². The average Bonchev–Trinajstić information content (AvgIpc) is 2.00. The van der Waals surface area contributed by atoms with E-state index >= 15 is 0 Å². The van der Waals surface area contributed by atoms with Crippen molar-refractivity contribution < 1.29 is 4.39 Å². The fraction of sp³-hybridized carbons (Fsp3) is 0.125. The van der Waals surface area contributed by atoms with Crippen LogP contribution in [0.1, 0.15) is 5.56 Å². The molecule has 12 heavy (non-hydrogen) atoms. The molecule has 0 bridgehead atoms. The number of benzene rings is 1. The van der Waals surface area contributed by atoms with Crippen molar-refractivity contribution in [3.63, 3.8) is 0 Å². The third-order valence-electron chi connectivity index (χ3n) is 1.45. The van der Waals surface area contributed by atoms with Crippen LogP contribution in [-0.2, 0) is 0 Å². The standard InChI is InChI=1S/C8H8BFN2/c1-12-4-5-2-6(9)3-7(10)8(5)11/h2-4H,11H2,1H3. The van der Waals surface area contributed by atoms with Gasteiger partial charge in [-0.25, -0.2) is 4.39 Å². The first-order valence-corrected chi connectivity index (χ1v) is 3.42. The van der Waals surface area contributed by atoms with Crippen molar-refractivity contribution in [2.45, 2.75) is 0 Å². The Morgan fingerprint density at radius 1 is 1.58 bits per heavy atom. The molecule has 0 aliphatic heterocycles. The number of anilines is 1. The van der Waals surface area contributed by atoms with Crippen molar-refractivity contribution in [1.29, 1.82) is 0 Å². The van der Waals surface area contributed by atoms with Crippen molar-refractivity contribution in [2.24, 2.45) is 4.99 Å². The first-order valence-electron chi connectivity index (χ1n) is 3.42. The van der Waals surface area contributed by atoms with Crippen LogP contribution in [0.4, 0.5) is 10.1 Å². The molecule has 0 atom stereocenters. The van der Waals surface area contributed by atoms with Gasteiger partial charge in [-0.05, 0) is 6.07 Å². The van der Waals surface area contributed by atoms with Gasteiger partial charge < -0.3 is 5.73 Å². The zero-order valence-corrected chi connectivity index (χ0v) is 6.71. The number of hydrogen-bond donors (Lipinski definition) is 1. The lowest BCUT2D eigenvalue weighted by Gasteiger charge is -2.02. The third kappa shape index (κ3) is 1.64. The molecule has 2 N–H and O–H groups in total. The van der Waals surface area contributed by atoms with E-state index in [1.807, 2.05) is 0 Å². The molecule has 0 unspecified atom stereocenters. The molecule has 1 aromatic rings. The summed E-state index contributed by atoms with van der Waals surface area (Å²) in [7, 11) is 6.99. The molecule has 2 radical (unpaired) electrons. The molecule has 4 heteroatoms. The van der Waals surface area contributed by atoms with E-state index in [0.717, 1.165) is 0 Å². The quantitative estimate of drug-likeness (QED) is 0.358. The largest absolute Gasteiger partial charge is 0.396 e. The zero-order valence-electron chi connectivity index (χ0n) is 6.71. The Morgan fingerprint density at radius 3 is 2.83 bits per heavy atom.